The second-order valence-corrected chi connectivity index (χ2v) is 13.1. The van der Waals surface area contributed by atoms with Crippen molar-refractivity contribution in [2.24, 2.45) is 0 Å². The van der Waals surface area contributed by atoms with Crippen LogP contribution in [0.5, 0.6) is 0 Å². The minimum atomic E-state index is -0.431. The van der Waals surface area contributed by atoms with E-state index in [-0.39, 0.29) is 0 Å². The van der Waals surface area contributed by atoms with E-state index in [4.69, 9.17) is 0 Å². The fourth-order valence-electron chi connectivity index (χ4n) is 7.86. The number of allylic oxidation sites excluding steroid dienone is 4. The van der Waals surface area contributed by atoms with Gasteiger partial charge in [-0.3, -0.25) is 0 Å². The minimum absolute atomic E-state index is 0.431. The Balaban J connectivity index is 1.41. The molecule has 0 radical (unpaired) electrons. The summed E-state index contributed by atoms with van der Waals surface area (Å²) in [5, 5.41) is 2.56. The average Bonchev–Trinajstić information content (AvgIpc) is 3.08. The van der Waals surface area contributed by atoms with Gasteiger partial charge in [-0.05, 0) is 99.8 Å². The summed E-state index contributed by atoms with van der Waals surface area (Å²) in [5.41, 5.74) is 12.9. The van der Waals surface area contributed by atoms with Gasteiger partial charge < -0.3 is 4.90 Å². The first kappa shape index (κ1) is 25.7. The lowest BCUT2D eigenvalue weighted by Crippen LogP contribution is -2.42. The Bertz CT molecular complexity index is 2180. The molecule has 0 bridgehead atoms. The van der Waals surface area contributed by atoms with Gasteiger partial charge in [0, 0.05) is 21.2 Å². The Morgan fingerprint density at radius 2 is 1.36 bits per heavy atom. The quantitative estimate of drug-likeness (QED) is 0.200. The SMILES string of the molecule is Cc1ccccc1N1C2=C(C=CCC2)C2(c3ccccc3Sc3ccc(-c4cccc5ccccc45)cc32)c2ccccc21. The molecular weight excluding hydrogens is 551 g/mol. The van der Waals surface area contributed by atoms with Crippen LogP contribution in [-0.4, -0.2) is 0 Å². The van der Waals surface area contributed by atoms with Gasteiger partial charge in [0.25, 0.3) is 0 Å². The summed E-state index contributed by atoms with van der Waals surface area (Å²) < 4.78 is 0. The van der Waals surface area contributed by atoms with E-state index in [2.05, 4.69) is 157 Å². The van der Waals surface area contributed by atoms with E-state index < -0.39 is 5.41 Å². The molecule has 0 saturated carbocycles. The molecular formula is C42H31NS. The van der Waals surface area contributed by atoms with Gasteiger partial charge in [0.2, 0.25) is 0 Å². The normalized spacial score (nSPS) is 18.2. The van der Waals surface area contributed by atoms with Gasteiger partial charge >= 0.3 is 0 Å². The number of rotatable bonds is 2. The van der Waals surface area contributed by atoms with Gasteiger partial charge in [-0.2, -0.15) is 0 Å². The van der Waals surface area contributed by atoms with E-state index in [0.717, 1.165) is 12.8 Å². The van der Waals surface area contributed by atoms with Crippen molar-refractivity contribution in [1.82, 2.24) is 0 Å². The monoisotopic (exact) mass is 581 g/mol. The van der Waals surface area contributed by atoms with Crippen LogP contribution >= 0.6 is 11.8 Å². The van der Waals surface area contributed by atoms with Crippen LogP contribution in [-0.2, 0) is 5.41 Å². The van der Waals surface area contributed by atoms with Crippen LogP contribution < -0.4 is 4.90 Å². The second kappa shape index (κ2) is 9.87. The standard InChI is InChI=1S/C42H31NS/c1-28-13-2-8-21-37(28)43-38-22-9-5-18-33(38)42(34-19-6-10-23-39(34)43)35-20-7-11-24-40(35)44-41-26-25-30(27-36(41)42)32-17-12-15-29-14-3-4-16-31(29)32/h2-9,11-22,24-27H,10,23H2,1H3. The minimum Gasteiger partial charge on any atom is -0.313 e. The lowest BCUT2D eigenvalue weighted by Gasteiger charge is -2.50. The maximum atomic E-state index is 2.56. The summed E-state index contributed by atoms with van der Waals surface area (Å²) in [5.74, 6) is 0. The molecule has 1 nitrogen and oxygen atoms in total. The molecule has 44 heavy (non-hydrogen) atoms. The summed E-state index contributed by atoms with van der Waals surface area (Å²) in [6, 6.07) is 49.7. The highest BCUT2D eigenvalue weighted by atomic mass is 32.2. The van der Waals surface area contributed by atoms with Crippen molar-refractivity contribution in [1.29, 1.82) is 0 Å². The van der Waals surface area contributed by atoms with Crippen LogP contribution in [0.25, 0.3) is 21.9 Å². The number of anilines is 2. The summed E-state index contributed by atoms with van der Waals surface area (Å²) in [6.07, 6.45) is 6.88. The molecule has 2 heteroatoms. The van der Waals surface area contributed by atoms with Crippen molar-refractivity contribution in [3.63, 3.8) is 0 Å². The Kier molecular flexibility index (Phi) is 5.76. The van der Waals surface area contributed by atoms with E-state index in [0.29, 0.717) is 0 Å². The van der Waals surface area contributed by atoms with Crippen molar-refractivity contribution in [2.75, 3.05) is 4.90 Å². The first-order valence-corrected chi connectivity index (χ1v) is 16.3. The van der Waals surface area contributed by atoms with Crippen molar-refractivity contribution >= 4 is 33.9 Å². The zero-order chi connectivity index (χ0) is 29.3. The van der Waals surface area contributed by atoms with E-state index in [1.165, 1.54) is 76.6 Å². The molecule has 0 N–H and O–H groups in total. The summed E-state index contributed by atoms with van der Waals surface area (Å²) in [7, 11) is 0. The van der Waals surface area contributed by atoms with Crippen molar-refractivity contribution in [3.05, 3.63) is 179 Å². The number of fused-ring (bicyclic) bond motifs is 8. The molecule has 1 atom stereocenters. The highest BCUT2D eigenvalue weighted by molar-refractivity contribution is 7.99. The van der Waals surface area contributed by atoms with Crippen LogP contribution in [0.1, 0.15) is 35.1 Å². The molecule has 2 heterocycles. The molecule has 2 aliphatic heterocycles. The lowest BCUT2D eigenvalue weighted by molar-refractivity contribution is 0.657. The zero-order valence-corrected chi connectivity index (χ0v) is 25.4. The molecule has 6 aromatic carbocycles. The topological polar surface area (TPSA) is 3.24 Å². The predicted molar refractivity (Wildman–Crippen MR) is 185 cm³/mol. The Morgan fingerprint density at radius 1 is 0.636 bits per heavy atom. The first-order chi connectivity index (χ1) is 21.7. The molecule has 0 fully saturated rings. The number of para-hydroxylation sites is 2. The Labute approximate surface area is 263 Å². The van der Waals surface area contributed by atoms with Crippen molar-refractivity contribution in [3.8, 4) is 11.1 Å². The molecule has 9 rings (SSSR count). The Morgan fingerprint density at radius 3 is 2.27 bits per heavy atom. The van der Waals surface area contributed by atoms with Gasteiger partial charge in [-0.25, -0.2) is 0 Å². The molecule has 1 aliphatic carbocycles. The summed E-state index contributed by atoms with van der Waals surface area (Å²) in [4.78, 5) is 5.23. The number of hydrogen-bond acceptors (Lipinski definition) is 2. The second-order valence-electron chi connectivity index (χ2n) is 12.0. The van der Waals surface area contributed by atoms with Gasteiger partial charge in [0.05, 0.1) is 11.1 Å². The number of nitrogens with zero attached hydrogens (tertiary/aromatic N) is 1. The van der Waals surface area contributed by atoms with Crippen molar-refractivity contribution in [2.45, 2.75) is 35.0 Å². The Hall–Kier alpha value is -4.79. The van der Waals surface area contributed by atoms with Crippen LogP contribution in [0.4, 0.5) is 11.4 Å². The van der Waals surface area contributed by atoms with Gasteiger partial charge in [0.15, 0.2) is 0 Å². The summed E-state index contributed by atoms with van der Waals surface area (Å²) in [6.45, 7) is 2.24. The highest BCUT2D eigenvalue weighted by Crippen LogP contribution is 2.62. The third kappa shape index (κ3) is 3.55. The number of aryl methyl sites for hydroxylation is 1. The maximum absolute atomic E-state index is 2.56. The van der Waals surface area contributed by atoms with E-state index >= 15 is 0 Å². The number of benzene rings is 6. The van der Waals surface area contributed by atoms with Crippen LogP contribution in [0.15, 0.2) is 167 Å². The zero-order valence-electron chi connectivity index (χ0n) is 24.6. The molecule has 0 aromatic heterocycles. The number of hydrogen-bond donors (Lipinski definition) is 0. The maximum Gasteiger partial charge on any atom is 0.0760 e. The lowest BCUT2D eigenvalue weighted by atomic mass is 9.60. The molecule has 6 aromatic rings. The highest BCUT2D eigenvalue weighted by Gasteiger charge is 2.51. The largest absolute Gasteiger partial charge is 0.313 e. The van der Waals surface area contributed by atoms with Crippen molar-refractivity contribution < 1.29 is 0 Å². The molecule has 3 aliphatic rings. The fourth-order valence-corrected chi connectivity index (χ4v) is 9.03. The van der Waals surface area contributed by atoms with E-state index in [1.807, 2.05) is 11.8 Å². The first-order valence-electron chi connectivity index (χ1n) is 15.5. The van der Waals surface area contributed by atoms with Gasteiger partial charge in [0.1, 0.15) is 0 Å². The van der Waals surface area contributed by atoms with Crippen LogP contribution in [0, 0.1) is 6.92 Å². The molecule has 0 amide bonds. The van der Waals surface area contributed by atoms with Gasteiger partial charge in [-0.1, -0.05) is 127 Å². The van der Waals surface area contributed by atoms with E-state index in [1.54, 1.807) is 0 Å². The predicted octanol–water partition coefficient (Wildman–Crippen LogP) is 11.4. The summed E-state index contributed by atoms with van der Waals surface area (Å²) >= 11 is 1.91. The van der Waals surface area contributed by atoms with Gasteiger partial charge in [-0.15, -0.1) is 0 Å². The van der Waals surface area contributed by atoms with Crippen LogP contribution in [0.2, 0.25) is 0 Å². The average molecular weight is 582 g/mol. The molecule has 0 saturated heterocycles. The molecule has 1 spiro atoms. The van der Waals surface area contributed by atoms with Crippen LogP contribution in [0.3, 0.4) is 0 Å². The molecule has 210 valence electrons. The fraction of sp³-hybridized carbons (Fsp3) is 0.0952. The third-order valence-corrected chi connectivity index (χ3v) is 10.9. The molecule has 1 unspecified atom stereocenters. The van der Waals surface area contributed by atoms with E-state index in [9.17, 15) is 0 Å². The smallest absolute Gasteiger partial charge is 0.0760 e. The third-order valence-electron chi connectivity index (χ3n) is 9.72.